The molecule has 0 amide bonds. The Labute approximate surface area is 136 Å². The molecule has 0 radical (unpaired) electrons. The number of rotatable bonds is 6. The van der Waals surface area contributed by atoms with Gasteiger partial charge in [-0.2, -0.15) is 8.78 Å². The van der Waals surface area contributed by atoms with E-state index in [9.17, 15) is 18.4 Å². The van der Waals surface area contributed by atoms with Crippen LogP contribution in [0.4, 0.5) is 8.78 Å². The van der Waals surface area contributed by atoms with Crippen molar-refractivity contribution >= 4 is 11.9 Å². The number of benzene rings is 1. The second-order valence-corrected chi connectivity index (χ2v) is 4.74. The Bertz CT molecular complexity index is 824. The fourth-order valence-corrected chi connectivity index (χ4v) is 2.02. The maximum atomic E-state index is 12.2. The molecule has 1 aromatic carbocycles. The van der Waals surface area contributed by atoms with Crippen molar-refractivity contribution in [3.8, 4) is 11.5 Å². The van der Waals surface area contributed by atoms with E-state index in [2.05, 4.69) is 4.74 Å². The van der Waals surface area contributed by atoms with Gasteiger partial charge in [0.1, 0.15) is 22.8 Å². The fraction of sp³-hybridized carbons (Fsp3) is 0.176. The highest BCUT2D eigenvalue weighted by molar-refractivity contribution is 6.08. The molecule has 0 atom stereocenters. The van der Waals surface area contributed by atoms with Gasteiger partial charge in [-0.15, -0.1) is 0 Å². The Morgan fingerprint density at radius 1 is 1.29 bits per heavy atom. The molecule has 1 aromatic heterocycles. The summed E-state index contributed by atoms with van der Waals surface area (Å²) in [5.74, 6) is -0.241. The van der Waals surface area contributed by atoms with Gasteiger partial charge in [-0.1, -0.05) is 18.2 Å². The first kappa shape index (κ1) is 17.4. The lowest BCUT2D eigenvalue weighted by molar-refractivity contribution is -0.0498. The number of hydrogen-bond donors (Lipinski definition) is 0. The molecule has 0 N–H and O–H groups in total. The van der Waals surface area contributed by atoms with Gasteiger partial charge in [-0.25, -0.2) is 4.79 Å². The number of aryl methyl sites for hydroxylation is 1. The molecule has 2 aromatic rings. The van der Waals surface area contributed by atoms with Crippen LogP contribution in [-0.4, -0.2) is 19.5 Å². The van der Waals surface area contributed by atoms with Crippen molar-refractivity contribution in [2.75, 3.05) is 7.11 Å². The van der Waals surface area contributed by atoms with Crippen molar-refractivity contribution in [1.29, 1.82) is 0 Å². The average molecular weight is 336 g/mol. The number of alkyl halides is 2. The number of carbonyl (C=O) groups excluding carboxylic acids is 1. The summed E-state index contributed by atoms with van der Waals surface area (Å²) in [5.41, 5.74) is -0.590. The zero-order valence-electron chi connectivity index (χ0n) is 12.9. The third-order valence-electron chi connectivity index (χ3n) is 3.02. The number of halogens is 2. The molecule has 126 valence electrons. The van der Waals surface area contributed by atoms with E-state index in [1.54, 1.807) is 13.0 Å². The summed E-state index contributed by atoms with van der Waals surface area (Å²) in [6, 6.07) is 7.23. The summed E-state index contributed by atoms with van der Waals surface area (Å²) < 4.78 is 38.6. The van der Waals surface area contributed by atoms with Gasteiger partial charge in [0.2, 0.25) is 0 Å². The van der Waals surface area contributed by atoms with Crippen molar-refractivity contribution in [3.63, 3.8) is 0 Å². The minimum atomic E-state index is -2.94. The number of hydrogen-bond acceptors (Lipinski definition) is 5. The molecule has 1 heterocycles. The Kier molecular flexibility index (Phi) is 5.47. The van der Waals surface area contributed by atoms with Gasteiger partial charge < -0.3 is 13.9 Å². The quantitative estimate of drug-likeness (QED) is 0.597. The van der Waals surface area contributed by atoms with Gasteiger partial charge in [0.05, 0.1) is 7.11 Å². The number of ether oxygens (including phenoxy) is 2. The molecule has 0 aliphatic carbocycles. The van der Waals surface area contributed by atoms with Crippen LogP contribution < -0.4 is 15.1 Å². The molecule has 5 nitrogen and oxygen atoms in total. The minimum Gasteiger partial charge on any atom is -0.496 e. The van der Waals surface area contributed by atoms with E-state index in [0.717, 1.165) is 6.08 Å². The van der Waals surface area contributed by atoms with Crippen LogP contribution in [0.25, 0.3) is 6.08 Å². The Morgan fingerprint density at radius 2 is 2.04 bits per heavy atom. The predicted molar refractivity (Wildman–Crippen MR) is 82.7 cm³/mol. The first-order valence-electron chi connectivity index (χ1n) is 6.86. The Hall–Kier alpha value is -2.96. The van der Waals surface area contributed by atoms with Gasteiger partial charge in [-0.05, 0) is 30.7 Å². The normalized spacial score (nSPS) is 11.0. The largest absolute Gasteiger partial charge is 0.496 e. The molecular formula is C17H14F2O5. The van der Waals surface area contributed by atoms with E-state index in [-0.39, 0.29) is 17.1 Å². The highest BCUT2D eigenvalue weighted by Crippen LogP contribution is 2.19. The SMILES string of the molecule is COc1cc(C)oc(=O)c1C(=O)C=Cc1cccc(OC(F)F)c1. The van der Waals surface area contributed by atoms with E-state index in [0.29, 0.717) is 11.3 Å². The smallest absolute Gasteiger partial charge is 0.387 e. The lowest BCUT2D eigenvalue weighted by atomic mass is 10.1. The maximum absolute atomic E-state index is 12.2. The van der Waals surface area contributed by atoms with E-state index >= 15 is 0 Å². The standard InChI is InChI=1S/C17H14F2O5/c1-10-8-14(22-2)15(16(21)23-10)13(20)7-6-11-4-3-5-12(9-11)24-17(18)19/h3-9,17H,1-2H3. The van der Waals surface area contributed by atoms with E-state index in [4.69, 9.17) is 9.15 Å². The summed E-state index contributed by atoms with van der Waals surface area (Å²) >= 11 is 0. The molecule has 2 rings (SSSR count). The minimum absolute atomic E-state index is 0.0352. The molecule has 0 aliphatic heterocycles. The first-order valence-corrected chi connectivity index (χ1v) is 6.86. The Balaban J connectivity index is 2.27. The van der Waals surface area contributed by atoms with Crippen LogP contribution in [0.5, 0.6) is 11.5 Å². The molecule has 0 fully saturated rings. The van der Waals surface area contributed by atoms with Gasteiger partial charge in [0, 0.05) is 6.07 Å². The third kappa shape index (κ3) is 4.28. The predicted octanol–water partition coefficient (Wildman–Crippen LogP) is 3.45. The molecule has 0 saturated heterocycles. The van der Waals surface area contributed by atoms with Crippen molar-refractivity contribution in [1.82, 2.24) is 0 Å². The molecule has 0 unspecified atom stereocenters. The molecule has 7 heteroatoms. The molecule has 0 spiro atoms. The molecular weight excluding hydrogens is 322 g/mol. The first-order chi connectivity index (χ1) is 11.4. The highest BCUT2D eigenvalue weighted by atomic mass is 19.3. The maximum Gasteiger partial charge on any atom is 0.387 e. The van der Waals surface area contributed by atoms with E-state index in [1.165, 1.54) is 37.5 Å². The molecule has 24 heavy (non-hydrogen) atoms. The van der Waals surface area contributed by atoms with Crippen molar-refractivity contribution in [3.05, 3.63) is 63.7 Å². The van der Waals surface area contributed by atoms with Gasteiger partial charge >= 0.3 is 12.2 Å². The lowest BCUT2D eigenvalue weighted by Gasteiger charge is -2.05. The van der Waals surface area contributed by atoms with Gasteiger partial charge in [0.25, 0.3) is 0 Å². The number of carbonyl (C=O) groups is 1. The van der Waals surface area contributed by atoms with Crippen molar-refractivity contribution in [2.24, 2.45) is 0 Å². The molecule has 0 bridgehead atoms. The average Bonchev–Trinajstić information content (AvgIpc) is 2.51. The summed E-state index contributed by atoms with van der Waals surface area (Å²) in [7, 11) is 1.33. The third-order valence-corrected chi connectivity index (χ3v) is 3.02. The summed E-state index contributed by atoms with van der Waals surface area (Å²) in [4.78, 5) is 24.1. The zero-order chi connectivity index (χ0) is 17.7. The second kappa shape index (κ2) is 7.54. The highest BCUT2D eigenvalue weighted by Gasteiger charge is 2.17. The number of ketones is 1. The van der Waals surface area contributed by atoms with Gasteiger partial charge in [-0.3, -0.25) is 4.79 Å². The zero-order valence-corrected chi connectivity index (χ0v) is 12.9. The second-order valence-electron chi connectivity index (χ2n) is 4.74. The fourth-order valence-electron chi connectivity index (χ4n) is 2.02. The van der Waals surface area contributed by atoms with Crippen LogP contribution in [0.3, 0.4) is 0 Å². The van der Waals surface area contributed by atoms with Crippen LogP contribution in [-0.2, 0) is 0 Å². The molecule has 0 saturated carbocycles. The van der Waals surface area contributed by atoms with Crippen LogP contribution in [0.1, 0.15) is 21.7 Å². The summed E-state index contributed by atoms with van der Waals surface area (Å²) in [5, 5.41) is 0. The summed E-state index contributed by atoms with van der Waals surface area (Å²) in [6.45, 7) is -1.38. The van der Waals surface area contributed by atoms with Crippen LogP contribution in [0.15, 0.2) is 45.6 Å². The van der Waals surface area contributed by atoms with Crippen molar-refractivity contribution < 1.29 is 27.5 Å². The van der Waals surface area contributed by atoms with Crippen LogP contribution in [0.2, 0.25) is 0 Å². The number of methoxy groups -OCH3 is 1. The summed E-state index contributed by atoms with van der Waals surface area (Å²) in [6.07, 6.45) is 2.50. The lowest BCUT2D eigenvalue weighted by Crippen LogP contribution is -2.14. The van der Waals surface area contributed by atoms with E-state index in [1.807, 2.05) is 0 Å². The monoisotopic (exact) mass is 336 g/mol. The topological polar surface area (TPSA) is 65.7 Å². The van der Waals surface area contributed by atoms with Crippen molar-refractivity contribution in [2.45, 2.75) is 13.5 Å². The Morgan fingerprint density at radius 3 is 2.71 bits per heavy atom. The van der Waals surface area contributed by atoms with Crippen LogP contribution in [0, 0.1) is 6.92 Å². The van der Waals surface area contributed by atoms with Crippen LogP contribution >= 0.6 is 0 Å². The van der Waals surface area contributed by atoms with Gasteiger partial charge in [0.15, 0.2) is 5.78 Å². The number of allylic oxidation sites excluding steroid dienone is 1. The molecule has 0 aliphatic rings. The van der Waals surface area contributed by atoms with E-state index < -0.39 is 18.0 Å².